The van der Waals surface area contributed by atoms with E-state index in [9.17, 15) is 0 Å². The highest BCUT2D eigenvalue weighted by molar-refractivity contribution is 5.29. The van der Waals surface area contributed by atoms with Crippen LogP contribution in [-0.4, -0.2) is 38.0 Å². The van der Waals surface area contributed by atoms with Gasteiger partial charge in [0.1, 0.15) is 0 Å². The number of rotatable bonds is 0. The third kappa shape index (κ3) is 2.19. The van der Waals surface area contributed by atoms with Gasteiger partial charge >= 0.3 is 0 Å². The molecule has 0 N–H and O–H groups in total. The van der Waals surface area contributed by atoms with E-state index in [0.717, 1.165) is 52.1 Å². The molecule has 5 fully saturated rings. The smallest absolute Gasteiger partial charge is 0.174 e. The summed E-state index contributed by atoms with van der Waals surface area (Å²) in [5, 5.41) is 0. The fraction of sp³-hybridized carbons (Fsp3) is 0.826. The lowest BCUT2D eigenvalue weighted by atomic mass is 9.51. The lowest BCUT2D eigenvalue weighted by molar-refractivity contribution is -0.234. The summed E-state index contributed by atoms with van der Waals surface area (Å²) in [4.78, 5) is 0. The molecule has 2 aliphatic heterocycles. The van der Waals surface area contributed by atoms with Gasteiger partial charge in [-0.05, 0) is 49.4 Å². The molecule has 3 saturated carbocycles. The van der Waals surface area contributed by atoms with Crippen LogP contribution in [0, 0.1) is 29.1 Å². The maximum absolute atomic E-state index is 6.26. The Hall–Kier alpha value is -0.680. The van der Waals surface area contributed by atoms with Gasteiger partial charge in [-0.3, -0.25) is 0 Å². The third-order valence-corrected chi connectivity index (χ3v) is 8.96. The lowest BCUT2D eigenvalue weighted by Gasteiger charge is -2.56. The molecule has 6 rings (SSSR count). The summed E-state index contributed by atoms with van der Waals surface area (Å²) >= 11 is 0. The van der Waals surface area contributed by atoms with E-state index in [0.29, 0.717) is 23.7 Å². The molecule has 4 aliphatic carbocycles. The van der Waals surface area contributed by atoms with Gasteiger partial charge in [0, 0.05) is 24.7 Å². The molecule has 27 heavy (non-hydrogen) atoms. The van der Waals surface area contributed by atoms with Gasteiger partial charge in [0.15, 0.2) is 11.6 Å². The van der Waals surface area contributed by atoms with Gasteiger partial charge in [-0.25, -0.2) is 0 Å². The van der Waals surface area contributed by atoms with Gasteiger partial charge in [0.05, 0.1) is 26.4 Å². The van der Waals surface area contributed by atoms with Gasteiger partial charge in [-0.2, -0.15) is 0 Å². The van der Waals surface area contributed by atoms with E-state index >= 15 is 0 Å². The fourth-order valence-electron chi connectivity index (χ4n) is 7.91. The van der Waals surface area contributed by atoms with E-state index in [1.807, 2.05) is 0 Å². The highest BCUT2D eigenvalue weighted by Gasteiger charge is 2.66. The zero-order valence-corrected chi connectivity index (χ0v) is 16.5. The highest BCUT2D eigenvalue weighted by Crippen LogP contribution is 2.67. The van der Waals surface area contributed by atoms with Crippen molar-refractivity contribution in [1.29, 1.82) is 0 Å². The maximum Gasteiger partial charge on any atom is 0.174 e. The maximum atomic E-state index is 6.26. The summed E-state index contributed by atoms with van der Waals surface area (Å²) < 4.78 is 24.6. The zero-order chi connectivity index (χ0) is 18.3. The van der Waals surface area contributed by atoms with Crippen LogP contribution in [0.25, 0.3) is 0 Å². The van der Waals surface area contributed by atoms with E-state index < -0.39 is 0 Å². The van der Waals surface area contributed by atoms with Crippen LogP contribution in [0.3, 0.4) is 0 Å². The Balaban J connectivity index is 1.32. The quantitative estimate of drug-likeness (QED) is 0.597. The predicted octanol–water partition coefficient (Wildman–Crippen LogP) is 4.21. The number of hydrogen-bond acceptors (Lipinski definition) is 4. The van der Waals surface area contributed by atoms with Crippen LogP contribution in [0.4, 0.5) is 0 Å². The minimum atomic E-state index is -0.349. The summed E-state index contributed by atoms with van der Waals surface area (Å²) in [6.07, 6.45) is 10.2. The molecule has 0 amide bonds. The molecule has 0 radical (unpaired) electrons. The molecule has 0 aromatic carbocycles. The largest absolute Gasteiger partial charge is 0.347 e. The number of ether oxygens (including phenoxy) is 4. The van der Waals surface area contributed by atoms with Crippen molar-refractivity contribution in [3.63, 3.8) is 0 Å². The first-order valence-corrected chi connectivity index (χ1v) is 11.0. The van der Waals surface area contributed by atoms with Crippen molar-refractivity contribution >= 4 is 0 Å². The number of allylic oxidation sites excluding steroid dienone is 2. The normalized spacial score (nSPS) is 47.0. The lowest BCUT2D eigenvalue weighted by Crippen LogP contribution is -2.54. The van der Waals surface area contributed by atoms with Gasteiger partial charge in [0.25, 0.3) is 0 Å². The van der Waals surface area contributed by atoms with Crippen molar-refractivity contribution in [1.82, 2.24) is 0 Å². The Morgan fingerprint density at radius 1 is 0.963 bits per heavy atom. The molecule has 4 heteroatoms. The molecule has 2 heterocycles. The summed E-state index contributed by atoms with van der Waals surface area (Å²) in [6.45, 7) is 10.1. The van der Waals surface area contributed by atoms with Gasteiger partial charge in [0.2, 0.25) is 0 Å². The van der Waals surface area contributed by atoms with Crippen molar-refractivity contribution in [2.75, 3.05) is 26.4 Å². The average Bonchev–Trinajstić information content (AvgIpc) is 3.37. The van der Waals surface area contributed by atoms with Crippen LogP contribution in [0.15, 0.2) is 23.8 Å². The predicted molar refractivity (Wildman–Crippen MR) is 101 cm³/mol. The second-order valence-electron chi connectivity index (χ2n) is 9.98. The second-order valence-corrected chi connectivity index (χ2v) is 9.98. The van der Waals surface area contributed by atoms with E-state index in [1.54, 1.807) is 5.57 Å². The van der Waals surface area contributed by atoms with Crippen LogP contribution in [0.1, 0.15) is 51.9 Å². The Bertz CT molecular complexity index is 684. The molecular weight excluding hydrogens is 340 g/mol. The summed E-state index contributed by atoms with van der Waals surface area (Å²) in [6, 6.07) is 0. The number of hydrogen-bond donors (Lipinski definition) is 0. The van der Waals surface area contributed by atoms with Gasteiger partial charge in [-0.15, -0.1) is 0 Å². The molecule has 6 aliphatic rings. The van der Waals surface area contributed by atoms with Crippen LogP contribution in [0.5, 0.6) is 0 Å². The Kier molecular flexibility index (Phi) is 3.62. The topological polar surface area (TPSA) is 36.9 Å². The highest BCUT2D eigenvalue weighted by atomic mass is 16.7. The molecule has 0 bridgehead atoms. The molecular formula is C23H32O4. The van der Waals surface area contributed by atoms with E-state index in [4.69, 9.17) is 18.9 Å². The number of fused-ring (bicyclic) bond motifs is 6. The second kappa shape index (κ2) is 5.69. The molecule has 5 atom stereocenters. The first-order chi connectivity index (χ1) is 13.1. The van der Waals surface area contributed by atoms with Gasteiger partial charge < -0.3 is 18.9 Å². The van der Waals surface area contributed by atoms with Gasteiger partial charge in [-0.1, -0.05) is 30.7 Å². The van der Waals surface area contributed by atoms with Crippen molar-refractivity contribution in [3.05, 3.63) is 23.8 Å². The molecule has 2 spiro atoms. The fourth-order valence-corrected chi connectivity index (χ4v) is 7.91. The van der Waals surface area contributed by atoms with E-state index in [1.165, 1.54) is 24.8 Å². The van der Waals surface area contributed by atoms with Crippen molar-refractivity contribution in [3.8, 4) is 0 Å². The first kappa shape index (κ1) is 17.2. The molecule has 2 saturated heterocycles. The Morgan fingerprint density at radius 2 is 1.70 bits per heavy atom. The molecule has 148 valence electrons. The standard InChI is InChI=1S/C23H32O4/c1-15-13-21(2)19(6-8-23(21)26-11-12-27-23)18-4-3-16-14-22(24-9-10-25-22)7-5-17(16)20(15)18/h3,17-20H,1,4-14H2,2H3/t17-,18-,19-,20+,21-/m0/s1. The van der Waals surface area contributed by atoms with E-state index in [-0.39, 0.29) is 17.0 Å². The van der Waals surface area contributed by atoms with E-state index in [2.05, 4.69) is 19.6 Å². The van der Waals surface area contributed by atoms with Crippen molar-refractivity contribution < 1.29 is 18.9 Å². The Labute approximate surface area is 162 Å². The van der Waals surface area contributed by atoms with Crippen LogP contribution >= 0.6 is 0 Å². The summed E-state index contributed by atoms with van der Waals surface area (Å²) in [5.41, 5.74) is 3.11. The summed E-state index contributed by atoms with van der Waals surface area (Å²) in [5.74, 6) is 1.97. The molecule has 0 aromatic rings. The Morgan fingerprint density at radius 3 is 2.48 bits per heavy atom. The minimum Gasteiger partial charge on any atom is -0.347 e. The SMILES string of the molecule is C=C1C[C@@]2(C)[C@@H](CCC23OCCO3)[C@@H]2CC=C3CC4(CC[C@@H]3[C@@H]12)OCCO4. The monoisotopic (exact) mass is 372 g/mol. The van der Waals surface area contributed by atoms with Crippen molar-refractivity contribution in [2.45, 2.75) is 63.4 Å². The molecule has 4 nitrogen and oxygen atoms in total. The zero-order valence-electron chi connectivity index (χ0n) is 16.5. The third-order valence-electron chi connectivity index (χ3n) is 8.96. The first-order valence-electron chi connectivity index (χ1n) is 11.0. The van der Waals surface area contributed by atoms with Crippen LogP contribution < -0.4 is 0 Å². The van der Waals surface area contributed by atoms with Crippen molar-refractivity contribution in [2.24, 2.45) is 29.1 Å². The van der Waals surface area contributed by atoms with Crippen LogP contribution in [0.2, 0.25) is 0 Å². The van der Waals surface area contributed by atoms with Crippen LogP contribution in [-0.2, 0) is 18.9 Å². The molecule has 0 unspecified atom stereocenters. The minimum absolute atomic E-state index is 0.0840. The average molecular weight is 373 g/mol. The summed E-state index contributed by atoms with van der Waals surface area (Å²) in [7, 11) is 0. The molecule has 0 aromatic heterocycles.